The van der Waals surface area contributed by atoms with E-state index in [1.54, 1.807) is 6.92 Å². The number of aromatic nitrogens is 1. The predicted octanol–water partition coefficient (Wildman–Crippen LogP) is 3.94. The second-order valence-electron chi connectivity index (χ2n) is 4.38. The lowest BCUT2D eigenvalue weighted by Crippen LogP contribution is -1.90. The number of furan rings is 1. The Kier molecular flexibility index (Phi) is 2.33. The number of Topliss-reactive ketones (excluding diaryl/α,β-unsaturated/α-hetero) is 1. The molecule has 0 spiro atoms. The summed E-state index contributed by atoms with van der Waals surface area (Å²) in [6, 6.07) is 9.83. The van der Waals surface area contributed by atoms with Crippen LogP contribution in [0.1, 0.15) is 23.0 Å². The summed E-state index contributed by atoms with van der Waals surface area (Å²) in [5.74, 6) is 1.43. The van der Waals surface area contributed by atoms with Crippen LogP contribution in [-0.4, -0.2) is 10.8 Å². The van der Waals surface area contributed by atoms with Gasteiger partial charge in [0, 0.05) is 22.7 Å². The number of fused-ring (bicyclic) bond motifs is 1. The lowest BCUT2D eigenvalue weighted by Gasteiger charge is -1.93. The Morgan fingerprint density at radius 3 is 2.78 bits per heavy atom. The normalized spacial score (nSPS) is 11.0. The highest BCUT2D eigenvalue weighted by Gasteiger charge is 2.15. The van der Waals surface area contributed by atoms with Crippen molar-refractivity contribution in [3.05, 3.63) is 47.9 Å². The monoisotopic (exact) mass is 239 g/mol. The van der Waals surface area contributed by atoms with Gasteiger partial charge < -0.3 is 9.40 Å². The number of rotatable bonds is 2. The standard InChI is InChI=1S/C15H13NO2/c1-9(17)12-7-15(18-10(12)2)13-8-16-14-6-4-3-5-11(13)14/h3-8,16H,1-2H3. The number of H-pyrrole nitrogens is 1. The van der Waals surface area contributed by atoms with Crippen molar-refractivity contribution < 1.29 is 9.21 Å². The summed E-state index contributed by atoms with van der Waals surface area (Å²) in [6.45, 7) is 3.37. The summed E-state index contributed by atoms with van der Waals surface area (Å²) in [4.78, 5) is 14.6. The molecule has 0 aliphatic rings. The Morgan fingerprint density at radius 2 is 2.06 bits per heavy atom. The number of benzene rings is 1. The number of aromatic amines is 1. The molecular weight excluding hydrogens is 226 g/mol. The van der Waals surface area contributed by atoms with Crippen LogP contribution in [-0.2, 0) is 0 Å². The zero-order valence-corrected chi connectivity index (χ0v) is 10.3. The third kappa shape index (κ3) is 1.56. The molecule has 0 fully saturated rings. The topological polar surface area (TPSA) is 46.0 Å². The molecule has 0 atom stereocenters. The fourth-order valence-corrected chi connectivity index (χ4v) is 2.24. The Balaban J connectivity index is 2.20. The number of carbonyl (C=O) groups is 1. The van der Waals surface area contributed by atoms with E-state index < -0.39 is 0 Å². The van der Waals surface area contributed by atoms with E-state index in [1.165, 1.54) is 0 Å². The molecule has 0 radical (unpaired) electrons. The molecule has 3 heteroatoms. The Morgan fingerprint density at radius 1 is 1.28 bits per heavy atom. The molecule has 0 aliphatic carbocycles. The summed E-state index contributed by atoms with van der Waals surface area (Å²) in [5, 5.41) is 1.10. The quantitative estimate of drug-likeness (QED) is 0.688. The van der Waals surface area contributed by atoms with Crippen molar-refractivity contribution in [1.29, 1.82) is 0 Å². The second kappa shape index (κ2) is 3.88. The van der Waals surface area contributed by atoms with Crippen molar-refractivity contribution in [2.75, 3.05) is 0 Å². The molecule has 0 aliphatic heterocycles. The van der Waals surface area contributed by atoms with E-state index in [4.69, 9.17) is 4.42 Å². The lowest BCUT2D eigenvalue weighted by atomic mass is 10.1. The molecule has 3 nitrogen and oxygen atoms in total. The Hall–Kier alpha value is -2.29. The number of nitrogens with one attached hydrogen (secondary N) is 1. The van der Waals surface area contributed by atoms with Crippen LogP contribution in [0.15, 0.2) is 40.9 Å². The van der Waals surface area contributed by atoms with Crippen molar-refractivity contribution in [3.8, 4) is 11.3 Å². The van der Waals surface area contributed by atoms with Gasteiger partial charge in [0.25, 0.3) is 0 Å². The molecule has 3 rings (SSSR count). The number of carbonyl (C=O) groups excluding carboxylic acids is 1. The Labute approximate surface area is 104 Å². The first kappa shape index (κ1) is 10.8. The molecule has 3 aromatic rings. The Bertz CT molecular complexity index is 734. The highest BCUT2D eigenvalue weighted by atomic mass is 16.3. The molecule has 1 aromatic carbocycles. The van der Waals surface area contributed by atoms with E-state index in [0.717, 1.165) is 22.2 Å². The lowest BCUT2D eigenvalue weighted by molar-refractivity contribution is 0.101. The van der Waals surface area contributed by atoms with Gasteiger partial charge in [0.2, 0.25) is 0 Å². The third-order valence-electron chi connectivity index (χ3n) is 3.15. The van der Waals surface area contributed by atoms with Crippen LogP contribution in [0.25, 0.3) is 22.2 Å². The molecule has 2 heterocycles. The van der Waals surface area contributed by atoms with Gasteiger partial charge in [-0.15, -0.1) is 0 Å². The van der Waals surface area contributed by atoms with E-state index in [1.807, 2.05) is 43.5 Å². The van der Waals surface area contributed by atoms with Gasteiger partial charge in [-0.3, -0.25) is 4.79 Å². The molecule has 0 saturated heterocycles. The maximum atomic E-state index is 11.4. The predicted molar refractivity (Wildman–Crippen MR) is 70.7 cm³/mol. The van der Waals surface area contributed by atoms with Crippen molar-refractivity contribution in [2.24, 2.45) is 0 Å². The molecule has 2 aromatic heterocycles. The smallest absolute Gasteiger partial charge is 0.163 e. The highest BCUT2D eigenvalue weighted by molar-refractivity contribution is 5.99. The number of para-hydroxylation sites is 1. The van der Waals surface area contributed by atoms with Crippen LogP contribution in [0.4, 0.5) is 0 Å². The third-order valence-corrected chi connectivity index (χ3v) is 3.15. The maximum absolute atomic E-state index is 11.4. The number of hydrogen-bond donors (Lipinski definition) is 1. The zero-order valence-electron chi connectivity index (χ0n) is 10.3. The maximum Gasteiger partial charge on any atom is 0.163 e. The van der Waals surface area contributed by atoms with Gasteiger partial charge in [-0.1, -0.05) is 18.2 Å². The van der Waals surface area contributed by atoms with Gasteiger partial charge in [0.1, 0.15) is 11.5 Å². The summed E-state index contributed by atoms with van der Waals surface area (Å²) in [7, 11) is 0. The van der Waals surface area contributed by atoms with Gasteiger partial charge in [-0.25, -0.2) is 0 Å². The van der Waals surface area contributed by atoms with Gasteiger partial charge >= 0.3 is 0 Å². The van der Waals surface area contributed by atoms with Crippen LogP contribution in [0.3, 0.4) is 0 Å². The number of hydrogen-bond acceptors (Lipinski definition) is 2. The average molecular weight is 239 g/mol. The molecule has 0 bridgehead atoms. The second-order valence-corrected chi connectivity index (χ2v) is 4.38. The fraction of sp³-hybridized carbons (Fsp3) is 0.133. The molecular formula is C15H13NO2. The van der Waals surface area contributed by atoms with E-state index in [2.05, 4.69) is 4.98 Å². The largest absolute Gasteiger partial charge is 0.461 e. The zero-order chi connectivity index (χ0) is 12.7. The van der Waals surface area contributed by atoms with Gasteiger partial charge in [0.15, 0.2) is 5.78 Å². The minimum atomic E-state index is 0.0299. The first-order valence-electron chi connectivity index (χ1n) is 5.84. The van der Waals surface area contributed by atoms with E-state index >= 15 is 0 Å². The first-order chi connectivity index (χ1) is 8.66. The van der Waals surface area contributed by atoms with Crippen LogP contribution < -0.4 is 0 Å². The van der Waals surface area contributed by atoms with Gasteiger partial charge in [0.05, 0.1) is 5.56 Å². The number of ketones is 1. The molecule has 1 N–H and O–H groups in total. The highest BCUT2D eigenvalue weighted by Crippen LogP contribution is 2.31. The van der Waals surface area contributed by atoms with Crippen molar-refractivity contribution >= 4 is 16.7 Å². The summed E-state index contributed by atoms with van der Waals surface area (Å²) in [5.41, 5.74) is 2.70. The molecule has 0 saturated carbocycles. The van der Waals surface area contributed by atoms with Crippen LogP contribution >= 0.6 is 0 Å². The molecule has 90 valence electrons. The summed E-state index contributed by atoms with van der Waals surface area (Å²) < 4.78 is 5.69. The van der Waals surface area contributed by atoms with Crippen LogP contribution in [0.2, 0.25) is 0 Å². The summed E-state index contributed by atoms with van der Waals surface area (Å²) >= 11 is 0. The average Bonchev–Trinajstić information content (AvgIpc) is 2.92. The van der Waals surface area contributed by atoms with Gasteiger partial charge in [-0.2, -0.15) is 0 Å². The molecule has 18 heavy (non-hydrogen) atoms. The molecule has 0 unspecified atom stereocenters. The first-order valence-corrected chi connectivity index (χ1v) is 5.84. The van der Waals surface area contributed by atoms with Crippen molar-refractivity contribution in [2.45, 2.75) is 13.8 Å². The SMILES string of the molecule is CC(=O)c1cc(-c2c[nH]c3ccccc23)oc1C. The van der Waals surface area contributed by atoms with Crippen molar-refractivity contribution in [1.82, 2.24) is 4.98 Å². The van der Waals surface area contributed by atoms with E-state index in [-0.39, 0.29) is 5.78 Å². The van der Waals surface area contributed by atoms with E-state index in [9.17, 15) is 4.79 Å². The van der Waals surface area contributed by atoms with E-state index in [0.29, 0.717) is 11.3 Å². The minimum absolute atomic E-state index is 0.0299. The minimum Gasteiger partial charge on any atom is -0.461 e. The van der Waals surface area contributed by atoms with Crippen molar-refractivity contribution in [3.63, 3.8) is 0 Å². The van der Waals surface area contributed by atoms with Gasteiger partial charge in [-0.05, 0) is 26.0 Å². The molecule has 0 amide bonds. The number of aryl methyl sites for hydroxylation is 1. The summed E-state index contributed by atoms with van der Waals surface area (Å²) in [6.07, 6.45) is 1.91. The van der Waals surface area contributed by atoms with Crippen LogP contribution in [0.5, 0.6) is 0 Å². The van der Waals surface area contributed by atoms with Crippen LogP contribution in [0, 0.1) is 6.92 Å². The fourth-order valence-electron chi connectivity index (χ4n) is 2.24.